The molecular formula is C17H24N4. The smallest absolute Gasteiger partial charge is 0.0534 e. The molecule has 0 radical (unpaired) electrons. The summed E-state index contributed by atoms with van der Waals surface area (Å²) >= 11 is 0. The van der Waals surface area contributed by atoms with Gasteiger partial charge in [-0.1, -0.05) is 18.2 Å². The van der Waals surface area contributed by atoms with E-state index >= 15 is 0 Å². The molecule has 0 amide bonds. The van der Waals surface area contributed by atoms with Crippen molar-refractivity contribution in [2.75, 3.05) is 25.0 Å². The molecule has 0 saturated carbocycles. The van der Waals surface area contributed by atoms with Gasteiger partial charge in [0.15, 0.2) is 0 Å². The van der Waals surface area contributed by atoms with Crippen molar-refractivity contribution in [3.63, 3.8) is 0 Å². The second kappa shape index (κ2) is 6.31. The van der Waals surface area contributed by atoms with Gasteiger partial charge in [0.1, 0.15) is 0 Å². The lowest BCUT2D eigenvalue weighted by atomic mass is 9.93. The Balaban J connectivity index is 1.53. The van der Waals surface area contributed by atoms with Crippen molar-refractivity contribution in [1.82, 2.24) is 15.1 Å². The molecule has 2 aromatic rings. The summed E-state index contributed by atoms with van der Waals surface area (Å²) < 4.78 is 1.97. The predicted octanol–water partition coefficient (Wildman–Crippen LogP) is 2.30. The molecule has 112 valence electrons. The third-order valence-corrected chi connectivity index (χ3v) is 4.22. The van der Waals surface area contributed by atoms with Gasteiger partial charge < -0.3 is 10.2 Å². The number of nitrogens with zero attached hydrogens (tertiary/aromatic N) is 3. The van der Waals surface area contributed by atoms with Gasteiger partial charge >= 0.3 is 0 Å². The zero-order valence-electron chi connectivity index (χ0n) is 12.9. The molecule has 2 heterocycles. The van der Waals surface area contributed by atoms with Gasteiger partial charge in [-0.2, -0.15) is 5.10 Å². The van der Waals surface area contributed by atoms with Crippen LogP contribution in [0.1, 0.15) is 18.1 Å². The summed E-state index contributed by atoms with van der Waals surface area (Å²) in [6.45, 7) is 6.12. The molecule has 1 N–H and O–H groups in total. The lowest BCUT2D eigenvalue weighted by molar-refractivity contribution is 0.460. The maximum atomic E-state index is 4.31. The highest BCUT2D eigenvalue weighted by atomic mass is 15.3. The van der Waals surface area contributed by atoms with Crippen molar-refractivity contribution in [3.8, 4) is 0 Å². The number of aryl methyl sites for hydroxylation is 1. The monoisotopic (exact) mass is 284 g/mol. The van der Waals surface area contributed by atoms with Crippen LogP contribution in [0.2, 0.25) is 0 Å². The molecular weight excluding hydrogens is 260 g/mol. The van der Waals surface area contributed by atoms with E-state index in [0.29, 0.717) is 5.92 Å². The van der Waals surface area contributed by atoms with Crippen molar-refractivity contribution >= 4 is 5.69 Å². The first-order chi connectivity index (χ1) is 10.3. The molecule has 0 saturated heterocycles. The van der Waals surface area contributed by atoms with Crippen LogP contribution in [0.3, 0.4) is 0 Å². The lowest BCUT2D eigenvalue weighted by Crippen LogP contribution is -2.37. The average molecular weight is 284 g/mol. The summed E-state index contributed by atoms with van der Waals surface area (Å²) in [7, 11) is 2.19. The molecule has 0 aliphatic carbocycles. The molecule has 4 heteroatoms. The van der Waals surface area contributed by atoms with E-state index in [4.69, 9.17) is 0 Å². The Kier molecular flexibility index (Phi) is 4.25. The molecule has 1 atom stereocenters. The largest absolute Gasteiger partial charge is 0.374 e. The fourth-order valence-electron chi connectivity index (χ4n) is 3.15. The van der Waals surface area contributed by atoms with Gasteiger partial charge in [-0.3, -0.25) is 4.68 Å². The number of benzene rings is 1. The summed E-state index contributed by atoms with van der Waals surface area (Å²) in [5, 5.41) is 7.89. The molecule has 0 bridgehead atoms. The SMILES string of the molecule is CCn1cc(CNC[C@H]2Cc3ccccc3N(C)C2)cn1. The Labute approximate surface area is 126 Å². The number of aromatic nitrogens is 2. The zero-order chi connectivity index (χ0) is 14.7. The second-order valence-electron chi connectivity index (χ2n) is 5.91. The number of nitrogens with one attached hydrogen (secondary N) is 1. The molecule has 21 heavy (non-hydrogen) atoms. The fourth-order valence-corrected chi connectivity index (χ4v) is 3.15. The minimum atomic E-state index is 0.672. The molecule has 0 unspecified atom stereocenters. The van der Waals surface area contributed by atoms with Crippen molar-refractivity contribution in [2.45, 2.75) is 26.4 Å². The third kappa shape index (κ3) is 3.27. The normalized spacial score (nSPS) is 17.8. The summed E-state index contributed by atoms with van der Waals surface area (Å²) in [6.07, 6.45) is 5.25. The minimum absolute atomic E-state index is 0.672. The summed E-state index contributed by atoms with van der Waals surface area (Å²) in [6, 6.07) is 8.74. The third-order valence-electron chi connectivity index (χ3n) is 4.22. The Morgan fingerprint density at radius 2 is 2.19 bits per heavy atom. The van der Waals surface area contributed by atoms with Gasteiger partial charge in [-0.05, 0) is 30.9 Å². The van der Waals surface area contributed by atoms with Crippen LogP contribution in [0, 0.1) is 5.92 Å². The van der Waals surface area contributed by atoms with Crippen molar-refractivity contribution in [3.05, 3.63) is 47.8 Å². The number of anilines is 1. The Hall–Kier alpha value is -1.81. The first-order valence-corrected chi connectivity index (χ1v) is 7.77. The number of fused-ring (bicyclic) bond motifs is 1. The predicted molar refractivity (Wildman–Crippen MR) is 86.5 cm³/mol. The minimum Gasteiger partial charge on any atom is -0.374 e. The molecule has 0 fully saturated rings. The van der Waals surface area contributed by atoms with Crippen LogP contribution < -0.4 is 10.2 Å². The van der Waals surface area contributed by atoms with Crippen LogP contribution in [0.4, 0.5) is 5.69 Å². The van der Waals surface area contributed by atoms with Crippen molar-refractivity contribution < 1.29 is 0 Å². The van der Waals surface area contributed by atoms with Crippen LogP contribution in [0.5, 0.6) is 0 Å². The van der Waals surface area contributed by atoms with E-state index < -0.39 is 0 Å². The maximum Gasteiger partial charge on any atom is 0.0534 e. The molecule has 1 aliphatic heterocycles. The van der Waals surface area contributed by atoms with Gasteiger partial charge in [0.05, 0.1) is 6.20 Å². The van der Waals surface area contributed by atoms with E-state index in [1.807, 2.05) is 10.9 Å². The highest BCUT2D eigenvalue weighted by molar-refractivity contribution is 5.55. The number of hydrogen-bond acceptors (Lipinski definition) is 3. The summed E-state index contributed by atoms with van der Waals surface area (Å²) in [5.41, 5.74) is 4.12. The standard InChI is InChI=1S/C17H24N4/c1-3-21-13-15(11-19-21)10-18-9-14-8-16-6-4-5-7-17(16)20(2)12-14/h4-7,11,13-14,18H,3,8-10,12H2,1-2H3/t14-/m1/s1. The first kappa shape index (κ1) is 14.1. The molecule has 0 spiro atoms. The van der Waals surface area contributed by atoms with Gasteiger partial charge in [-0.25, -0.2) is 0 Å². The van der Waals surface area contributed by atoms with Crippen molar-refractivity contribution in [1.29, 1.82) is 0 Å². The fraction of sp³-hybridized carbons (Fsp3) is 0.471. The number of para-hydroxylation sites is 1. The van der Waals surface area contributed by atoms with Crippen molar-refractivity contribution in [2.24, 2.45) is 5.92 Å². The van der Waals surface area contributed by atoms with E-state index in [1.54, 1.807) is 0 Å². The summed E-state index contributed by atoms with van der Waals surface area (Å²) in [5.74, 6) is 0.672. The molecule has 1 aliphatic rings. The maximum absolute atomic E-state index is 4.31. The van der Waals surface area contributed by atoms with Crippen LogP contribution in [-0.4, -0.2) is 29.9 Å². The summed E-state index contributed by atoms with van der Waals surface area (Å²) in [4.78, 5) is 2.38. The Morgan fingerprint density at radius 3 is 3.00 bits per heavy atom. The van der Waals surface area contributed by atoms with Crippen LogP contribution in [0.25, 0.3) is 0 Å². The molecule has 3 rings (SSSR count). The van der Waals surface area contributed by atoms with E-state index in [1.165, 1.54) is 23.2 Å². The van der Waals surface area contributed by atoms with E-state index in [2.05, 4.69) is 59.7 Å². The second-order valence-corrected chi connectivity index (χ2v) is 5.91. The van der Waals surface area contributed by atoms with E-state index in [0.717, 1.165) is 26.2 Å². The average Bonchev–Trinajstić information content (AvgIpc) is 2.95. The Morgan fingerprint density at radius 1 is 1.33 bits per heavy atom. The first-order valence-electron chi connectivity index (χ1n) is 7.77. The molecule has 1 aromatic carbocycles. The topological polar surface area (TPSA) is 33.1 Å². The number of hydrogen-bond donors (Lipinski definition) is 1. The quantitative estimate of drug-likeness (QED) is 0.914. The number of rotatable bonds is 5. The van der Waals surface area contributed by atoms with Crippen LogP contribution in [0.15, 0.2) is 36.7 Å². The van der Waals surface area contributed by atoms with E-state index in [9.17, 15) is 0 Å². The van der Waals surface area contributed by atoms with Crippen LogP contribution >= 0.6 is 0 Å². The highest BCUT2D eigenvalue weighted by Gasteiger charge is 2.21. The van der Waals surface area contributed by atoms with Gasteiger partial charge in [0, 0.05) is 50.7 Å². The molecule has 1 aromatic heterocycles. The zero-order valence-corrected chi connectivity index (χ0v) is 12.9. The lowest BCUT2D eigenvalue weighted by Gasteiger charge is -2.33. The van der Waals surface area contributed by atoms with Crippen LogP contribution in [-0.2, 0) is 19.5 Å². The van der Waals surface area contributed by atoms with Gasteiger partial charge in [-0.15, -0.1) is 0 Å². The van der Waals surface area contributed by atoms with E-state index in [-0.39, 0.29) is 0 Å². The molecule has 4 nitrogen and oxygen atoms in total. The highest BCUT2D eigenvalue weighted by Crippen LogP contribution is 2.27. The van der Waals surface area contributed by atoms with Gasteiger partial charge in [0.2, 0.25) is 0 Å². The van der Waals surface area contributed by atoms with Gasteiger partial charge in [0.25, 0.3) is 0 Å². The Bertz CT molecular complexity index is 590.